The summed E-state index contributed by atoms with van der Waals surface area (Å²) in [5.41, 5.74) is 2.40. The lowest BCUT2D eigenvalue weighted by atomic mass is 10.1. The number of oxazole rings is 1. The van der Waals surface area contributed by atoms with Gasteiger partial charge in [0.25, 0.3) is 0 Å². The second kappa shape index (κ2) is 8.78. The van der Waals surface area contributed by atoms with Gasteiger partial charge in [0.15, 0.2) is 11.7 Å². The van der Waals surface area contributed by atoms with Crippen LogP contribution in [0.15, 0.2) is 53.1 Å². The van der Waals surface area contributed by atoms with Gasteiger partial charge in [-0.05, 0) is 37.1 Å². The Kier molecular flexibility index (Phi) is 6.19. The van der Waals surface area contributed by atoms with Crippen LogP contribution in [0.4, 0.5) is 8.78 Å². The lowest BCUT2D eigenvalue weighted by Crippen LogP contribution is -2.30. The lowest BCUT2D eigenvalue weighted by Gasteiger charge is -2.21. The first-order valence-electron chi connectivity index (χ1n) is 9.20. The number of benzene rings is 2. The maximum absolute atomic E-state index is 13.9. The Labute approximate surface area is 162 Å². The topological polar surface area (TPSA) is 46.3 Å². The number of aromatic nitrogens is 1. The number of aryl methyl sites for hydroxylation is 2. The predicted molar refractivity (Wildman–Crippen MR) is 102 cm³/mol. The first-order chi connectivity index (χ1) is 13.5. The van der Waals surface area contributed by atoms with Crippen molar-refractivity contribution in [3.05, 3.63) is 77.3 Å². The van der Waals surface area contributed by atoms with Crippen LogP contribution in [0, 0.1) is 18.6 Å². The molecule has 0 aliphatic heterocycles. The van der Waals surface area contributed by atoms with Gasteiger partial charge in [0.2, 0.25) is 5.91 Å². The Balaban J connectivity index is 1.62. The first kappa shape index (κ1) is 19.7. The zero-order chi connectivity index (χ0) is 20.1. The molecule has 0 N–H and O–H groups in total. The molecule has 1 amide bonds. The molecule has 3 aromatic rings. The standard InChI is InChI=1S/C22H22F2N2O2/c1-3-26(14-16-7-5-4-6-15(16)2)22(27)11-10-21-25-13-20(28-21)18-9-8-17(23)12-19(18)24/h4-9,12-13H,3,10-11,14H2,1-2H3. The van der Waals surface area contributed by atoms with Gasteiger partial charge in [0.1, 0.15) is 11.6 Å². The van der Waals surface area contributed by atoms with Crippen molar-refractivity contribution in [2.45, 2.75) is 33.2 Å². The number of hydrogen-bond acceptors (Lipinski definition) is 3. The van der Waals surface area contributed by atoms with Crippen LogP contribution in [0.25, 0.3) is 11.3 Å². The maximum atomic E-state index is 13.9. The molecule has 28 heavy (non-hydrogen) atoms. The summed E-state index contributed by atoms with van der Waals surface area (Å²) in [5.74, 6) is -0.807. The summed E-state index contributed by atoms with van der Waals surface area (Å²) in [5, 5.41) is 0. The molecular weight excluding hydrogens is 362 g/mol. The highest BCUT2D eigenvalue weighted by molar-refractivity contribution is 5.76. The fourth-order valence-corrected chi connectivity index (χ4v) is 2.98. The van der Waals surface area contributed by atoms with Crippen molar-refractivity contribution in [3.63, 3.8) is 0 Å². The van der Waals surface area contributed by atoms with Crippen LogP contribution in [-0.2, 0) is 17.8 Å². The molecule has 3 rings (SSSR count). The summed E-state index contributed by atoms with van der Waals surface area (Å²) in [7, 11) is 0. The summed E-state index contributed by atoms with van der Waals surface area (Å²) in [4.78, 5) is 18.5. The van der Waals surface area contributed by atoms with Gasteiger partial charge in [-0.1, -0.05) is 24.3 Å². The molecule has 0 spiro atoms. The minimum atomic E-state index is -0.714. The van der Waals surface area contributed by atoms with Gasteiger partial charge in [-0.15, -0.1) is 0 Å². The molecule has 0 saturated heterocycles. The van der Waals surface area contributed by atoms with E-state index in [1.807, 2.05) is 38.1 Å². The molecule has 0 bridgehead atoms. The van der Waals surface area contributed by atoms with Crippen molar-refractivity contribution in [1.29, 1.82) is 0 Å². The molecule has 0 aliphatic carbocycles. The van der Waals surface area contributed by atoms with Crippen LogP contribution in [0.3, 0.4) is 0 Å². The zero-order valence-corrected chi connectivity index (χ0v) is 15.9. The predicted octanol–water partition coefficient (Wildman–Crippen LogP) is 4.91. The van der Waals surface area contributed by atoms with Crippen molar-refractivity contribution in [2.75, 3.05) is 6.54 Å². The molecule has 0 radical (unpaired) electrons. The molecule has 2 aromatic carbocycles. The summed E-state index contributed by atoms with van der Waals surface area (Å²) in [6.45, 7) is 5.12. The van der Waals surface area contributed by atoms with E-state index in [0.717, 1.165) is 23.3 Å². The van der Waals surface area contributed by atoms with E-state index in [4.69, 9.17) is 4.42 Å². The average molecular weight is 384 g/mol. The molecule has 0 saturated carbocycles. The van der Waals surface area contributed by atoms with E-state index >= 15 is 0 Å². The maximum Gasteiger partial charge on any atom is 0.223 e. The number of carbonyl (C=O) groups excluding carboxylic acids is 1. The largest absolute Gasteiger partial charge is 0.441 e. The molecule has 1 heterocycles. The second-order valence-electron chi connectivity index (χ2n) is 6.58. The Morgan fingerprint density at radius 3 is 2.68 bits per heavy atom. The Morgan fingerprint density at radius 1 is 1.18 bits per heavy atom. The average Bonchev–Trinajstić information content (AvgIpc) is 3.14. The van der Waals surface area contributed by atoms with Gasteiger partial charge in [-0.25, -0.2) is 13.8 Å². The van der Waals surface area contributed by atoms with Gasteiger partial charge in [0.05, 0.1) is 11.8 Å². The van der Waals surface area contributed by atoms with Gasteiger partial charge in [0, 0.05) is 32.0 Å². The zero-order valence-electron chi connectivity index (χ0n) is 15.9. The fourth-order valence-electron chi connectivity index (χ4n) is 2.98. The van der Waals surface area contributed by atoms with Crippen molar-refractivity contribution in [2.24, 2.45) is 0 Å². The number of carbonyl (C=O) groups is 1. The third-order valence-corrected chi connectivity index (χ3v) is 4.66. The summed E-state index contributed by atoms with van der Waals surface area (Å²) in [6.07, 6.45) is 1.94. The van der Waals surface area contributed by atoms with E-state index in [1.165, 1.54) is 12.3 Å². The van der Waals surface area contributed by atoms with Crippen LogP contribution < -0.4 is 0 Å². The van der Waals surface area contributed by atoms with Crippen LogP contribution in [-0.4, -0.2) is 22.3 Å². The number of nitrogens with zero attached hydrogens (tertiary/aromatic N) is 2. The second-order valence-corrected chi connectivity index (χ2v) is 6.58. The third kappa shape index (κ3) is 4.63. The Hall–Kier alpha value is -3.02. The van der Waals surface area contributed by atoms with E-state index in [2.05, 4.69) is 4.98 Å². The van der Waals surface area contributed by atoms with E-state index in [0.29, 0.717) is 25.4 Å². The van der Waals surface area contributed by atoms with Crippen molar-refractivity contribution >= 4 is 5.91 Å². The lowest BCUT2D eigenvalue weighted by molar-refractivity contribution is -0.131. The van der Waals surface area contributed by atoms with Gasteiger partial charge >= 0.3 is 0 Å². The molecule has 4 nitrogen and oxygen atoms in total. The van der Waals surface area contributed by atoms with E-state index in [-0.39, 0.29) is 23.7 Å². The minimum absolute atomic E-state index is 0.00142. The SMILES string of the molecule is CCN(Cc1ccccc1C)C(=O)CCc1ncc(-c2ccc(F)cc2F)o1. The summed E-state index contributed by atoms with van der Waals surface area (Å²) in [6, 6.07) is 11.2. The van der Waals surface area contributed by atoms with E-state index < -0.39 is 11.6 Å². The fraction of sp³-hybridized carbons (Fsp3) is 0.273. The highest BCUT2D eigenvalue weighted by Gasteiger charge is 2.16. The quantitative estimate of drug-likeness (QED) is 0.581. The number of rotatable bonds is 7. The van der Waals surface area contributed by atoms with Crippen LogP contribution in [0.2, 0.25) is 0 Å². The smallest absolute Gasteiger partial charge is 0.223 e. The van der Waals surface area contributed by atoms with E-state index in [9.17, 15) is 13.6 Å². The number of hydrogen-bond donors (Lipinski definition) is 0. The van der Waals surface area contributed by atoms with Crippen molar-refractivity contribution in [3.8, 4) is 11.3 Å². The number of amides is 1. The highest BCUT2D eigenvalue weighted by atomic mass is 19.1. The molecular formula is C22H22F2N2O2. The van der Waals surface area contributed by atoms with Crippen molar-refractivity contribution in [1.82, 2.24) is 9.88 Å². The van der Waals surface area contributed by atoms with E-state index in [1.54, 1.807) is 4.90 Å². The highest BCUT2D eigenvalue weighted by Crippen LogP contribution is 2.24. The third-order valence-electron chi connectivity index (χ3n) is 4.66. The molecule has 0 aliphatic rings. The first-order valence-corrected chi connectivity index (χ1v) is 9.20. The van der Waals surface area contributed by atoms with Crippen LogP contribution >= 0.6 is 0 Å². The van der Waals surface area contributed by atoms with Crippen LogP contribution in [0.5, 0.6) is 0 Å². The summed E-state index contributed by atoms with van der Waals surface area (Å²) >= 11 is 0. The summed E-state index contributed by atoms with van der Waals surface area (Å²) < 4.78 is 32.4. The molecule has 6 heteroatoms. The molecule has 1 aromatic heterocycles. The van der Waals surface area contributed by atoms with Gasteiger partial charge in [-0.3, -0.25) is 4.79 Å². The molecule has 146 valence electrons. The normalized spacial score (nSPS) is 10.9. The van der Waals surface area contributed by atoms with Gasteiger partial charge in [-0.2, -0.15) is 0 Å². The minimum Gasteiger partial charge on any atom is -0.441 e. The molecule has 0 atom stereocenters. The van der Waals surface area contributed by atoms with Crippen LogP contribution in [0.1, 0.15) is 30.4 Å². The Bertz CT molecular complexity index is 969. The van der Waals surface area contributed by atoms with Gasteiger partial charge < -0.3 is 9.32 Å². The molecule has 0 fully saturated rings. The Morgan fingerprint density at radius 2 is 1.96 bits per heavy atom. The molecule has 0 unspecified atom stereocenters. The monoisotopic (exact) mass is 384 g/mol. The number of halogens is 2. The van der Waals surface area contributed by atoms with Crippen molar-refractivity contribution < 1.29 is 18.0 Å².